The van der Waals surface area contributed by atoms with Gasteiger partial charge in [0.05, 0.1) is 16.1 Å². The van der Waals surface area contributed by atoms with E-state index in [-0.39, 0.29) is 5.78 Å². The van der Waals surface area contributed by atoms with Crippen molar-refractivity contribution in [3.8, 4) is 0 Å². The molecular formula is C16H14N2O2S2. The Morgan fingerprint density at radius 2 is 2.09 bits per heavy atom. The number of methoxy groups -OCH3 is 1. The Balaban J connectivity index is 1.87. The molecule has 0 radical (unpaired) electrons. The van der Waals surface area contributed by atoms with Gasteiger partial charge in [-0.2, -0.15) is 0 Å². The summed E-state index contributed by atoms with van der Waals surface area (Å²) in [7, 11) is 1.62. The average Bonchev–Trinajstić information content (AvgIpc) is 3.07. The van der Waals surface area contributed by atoms with E-state index < -0.39 is 0 Å². The number of nitrogens with zero attached hydrogens (tertiary/aromatic N) is 2. The number of thiophene rings is 1. The molecule has 0 N–H and O–H groups in total. The number of hydrogen-bond donors (Lipinski definition) is 0. The molecule has 0 saturated heterocycles. The van der Waals surface area contributed by atoms with Gasteiger partial charge in [-0.25, -0.2) is 9.97 Å². The minimum Gasteiger partial charge on any atom is -0.377 e. The average molecular weight is 330 g/mol. The number of Topliss-reactive ketones (excluding diaryl/α,β-unsaturated/α-hetero) is 1. The predicted octanol–water partition coefficient (Wildman–Crippen LogP) is 3.81. The highest BCUT2D eigenvalue weighted by atomic mass is 32.2. The van der Waals surface area contributed by atoms with Gasteiger partial charge in [0.1, 0.15) is 11.6 Å². The summed E-state index contributed by atoms with van der Waals surface area (Å²) in [5, 5.41) is 3.70. The van der Waals surface area contributed by atoms with Gasteiger partial charge >= 0.3 is 0 Å². The third-order valence-electron chi connectivity index (χ3n) is 3.02. The normalized spacial score (nSPS) is 11.0. The number of ketones is 1. The fourth-order valence-electron chi connectivity index (χ4n) is 2.04. The van der Waals surface area contributed by atoms with Crippen LogP contribution in [0.5, 0.6) is 0 Å². The van der Waals surface area contributed by atoms with Crippen LogP contribution < -0.4 is 0 Å². The first kappa shape index (κ1) is 15.1. The highest BCUT2D eigenvalue weighted by Crippen LogP contribution is 2.26. The van der Waals surface area contributed by atoms with Crippen LogP contribution in [-0.4, -0.2) is 28.6 Å². The Kier molecular flexibility index (Phi) is 4.82. The van der Waals surface area contributed by atoms with Crippen molar-refractivity contribution in [3.63, 3.8) is 0 Å². The summed E-state index contributed by atoms with van der Waals surface area (Å²) >= 11 is 2.91. The van der Waals surface area contributed by atoms with E-state index in [2.05, 4.69) is 9.97 Å². The van der Waals surface area contributed by atoms with Crippen molar-refractivity contribution >= 4 is 39.8 Å². The minimum atomic E-state index is 0.121. The summed E-state index contributed by atoms with van der Waals surface area (Å²) in [5.74, 6) is 1.12. The Morgan fingerprint density at radius 1 is 1.23 bits per heavy atom. The van der Waals surface area contributed by atoms with Gasteiger partial charge in [0.25, 0.3) is 0 Å². The lowest BCUT2D eigenvalue weighted by atomic mass is 10.2. The number of benzene rings is 1. The summed E-state index contributed by atoms with van der Waals surface area (Å²) in [5.41, 5.74) is 0.871. The van der Waals surface area contributed by atoms with Crippen molar-refractivity contribution < 1.29 is 9.53 Å². The molecule has 0 aliphatic heterocycles. The van der Waals surface area contributed by atoms with Crippen LogP contribution in [0.3, 0.4) is 0 Å². The third-order valence-corrected chi connectivity index (χ3v) is 4.93. The number of carbonyl (C=O) groups is 1. The molecular weight excluding hydrogens is 316 g/mol. The zero-order chi connectivity index (χ0) is 15.4. The second-order valence-corrected chi connectivity index (χ2v) is 6.50. The highest BCUT2D eigenvalue weighted by molar-refractivity contribution is 8.00. The molecule has 0 spiro atoms. The van der Waals surface area contributed by atoms with Crippen LogP contribution in [0.2, 0.25) is 0 Å². The maximum Gasteiger partial charge on any atom is 0.183 e. The van der Waals surface area contributed by atoms with Crippen LogP contribution >= 0.6 is 23.1 Å². The van der Waals surface area contributed by atoms with Gasteiger partial charge in [-0.05, 0) is 17.5 Å². The van der Waals surface area contributed by atoms with E-state index in [1.54, 1.807) is 7.11 Å². The second kappa shape index (κ2) is 7.00. The molecule has 0 amide bonds. The van der Waals surface area contributed by atoms with Crippen LogP contribution in [0.4, 0.5) is 0 Å². The first-order valence-electron chi connectivity index (χ1n) is 6.72. The van der Waals surface area contributed by atoms with Crippen LogP contribution in [0.15, 0.2) is 46.8 Å². The van der Waals surface area contributed by atoms with E-state index in [0.717, 1.165) is 20.8 Å². The number of thioether (sulfide) groups is 1. The molecule has 1 aromatic carbocycles. The lowest BCUT2D eigenvalue weighted by Gasteiger charge is -2.07. The number of rotatable bonds is 6. The summed E-state index contributed by atoms with van der Waals surface area (Å²) in [6, 6.07) is 11.6. The number of fused-ring (bicyclic) bond motifs is 1. The molecule has 4 nitrogen and oxygen atoms in total. The molecule has 0 unspecified atom stereocenters. The van der Waals surface area contributed by atoms with Crippen LogP contribution in [0.1, 0.15) is 15.5 Å². The van der Waals surface area contributed by atoms with Gasteiger partial charge in [0.15, 0.2) is 11.6 Å². The maximum atomic E-state index is 12.1. The Hall–Kier alpha value is -1.76. The molecule has 6 heteroatoms. The Bertz CT molecular complexity index is 788. The first-order valence-corrected chi connectivity index (χ1v) is 8.58. The highest BCUT2D eigenvalue weighted by Gasteiger charge is 2.12. The number of carbonyl (C=O) groups excluding carboxylic acids is 1. The van der Waals surface area contributed by atoms with Crippen molar-refractivity contribution in [1.82, 2.24) is 9.97 Å². The van der Waals surface area contributed by atoms with E-state index in [1.807, 2.05) is 41.8 Å². The first-order chi connectivity index (χ1) is 10.8. The molecule has 112 valence electrons. The van der Waals surface area contributed by atoms with Crippen molar-refractivity contribution in [1.29, 1.82) is 0 Å². The zero-order valence-electron chi connectivity index (χ0n) is 12.0. The van der Waals surface area contributed by atoms with Crippen LogP contribution in [0.25, 0.3) is 10.9 Å². The van der Waals surface area contributed by atoms with Crippen LogP contribution in [-0.2, 0) is 11.3 Å². The number of para-hydroxylation sites is 1. The van der Waals surface area contributed by atoms with Gasteiger partial charge in [-0.1, -0.05) is 36.0 Å². The quantitative estimate of drug-likeness (QED) is 0.391. The lowest BCUT2D eigenvalue weighted by Crippen LogP contribution is -2.03. The monoisotopic (exact) mass is 330 g/mol. The summed E-state index contributed by atoms with van der Waals surface area (Å²) in [6.07, 6.45) is 0. The second-order valence-electron chi connectivity index (χ2n) is 4.58. The molecule has 2 heterocycles. The lowest BCUT2D eigenvalue weighted by molar-refractivity contribution is 0.102. The molecule has 0 aliphatic rings. The summed E-state index contributed by atoms with van der Waals surface area (Å²) in [6.45, 7) is 0.358. The molecule has 0 fully saturated rings. The van der Waals surface area contributed by atoms with E-state index in [0.29, 0.717) is 18.2 Å². The fourth-order valence-corrected chi connectivity index (χ4v) is 3.72. The van der Waals surface area contributed by atoms with E-state index in [9.17, 15) is 4.79 Å². The van der Waals surface area contributed by atoms with E-state index >= 15 is 0 Å². The van der Waals surface area contributed by atoms with Gasteiger partial charge < -0.3 is 4.74 Å². The Morgan fingerprint density at radius 3 is 2.86 bits per heavy atom. The van der Waals surface area contributed by atoms with Gasteiger partial charge in [-0.3, -0.25) is 4.79 Å². The maximum absolute atomic E-state index is 12.1. The minimum absolute atomic E-state index is 0.121. The molecule has 2 aromatic heterocycles. The summed E-state index contributed by atoms with van der Waals surface area (Å²) in [4.78, 5) is 21.9. The van der Waals surface area contributed by atoms with Crippen molar-refractivity contribution in [3.05, 3.63) is 52.5 Å². The Labute approximate surface area is 136 Å². The molecule has 3 rings (SSSR count). The van der Waals surface area contributed by atoms with E-state index in [4.69, 9.17) is 4.74 Å². The van der Waals surface area contributed by atoms with Crippen molar-refractivity contribution in [2.24, 2.45) is 0 Å². The van der Waals surface area contributed by atoms with Gasteiger partial charge in [0, 0.05) is 12.5 Å². The smallest absolute Gasteiger partial charge is 0.183 e. The molecule has 0 bridgehead atoms. The van der Waals surface area contributed by atoms with Crippen LogP contribution in [0, 0.1) is 0 Å². The number of hydrogen-bond acceptors (Lipinski definition) is 6. The molecule has 0 aliphatic carbocycles. The molecule has 3 aromatic rings. The number of ether oxygens (including phenoxy) is 1. The van der Waals surface area contributed by atoms with E-state index in [1.165, 1.54) is 23.1 Å². The van der Waals surface area contributed by atoms with Crippen molar-refractivity contribution in [2.75, 3.05) is 12.9 Å². The zero-order valence-corrected chi connectivity index (χ0v) is 13.6. The standard InChI is InChI=1S/C16H14N2O2S2/c1-20-9-15-17-12-6-3-2-5-11(12)16(18-15)22-10-13(19)14-7-4-8-21-14/h2-8H,9-10H2,1H3. The predicted molar refractivity (Wildman–Crippen MR) is 89.6 cm³/mol. The fraction of sp³-hybridized carbons (Fsp3) is 0.188. The molecule has 22 heavy (non-hydrogen) atoms. The third kappa shape index (κ3) is 3.35. The largest absolute Gasteiger partial charge is 0.377 e. The SMILES string of the molecule is COCc1nc(SCC(=O)c2cccs2)c2ccccc2n1. The van der Waals surface area contributed by atoms with Gasteiger partial charge in [0.2, 0.25) is 0 Å². The number of aromatic nitrogens is 2. The van der Waals surface area contributed by atoms with Crippen molar-refractivity contribution in [2.45, 2.75) is 11.6 Å². The topological polar surface area (TPSA) is 52.1 Å². The molecule has 0 saturated carbocycles. The summed E-state index contributed by atoms with van der Waals surface area (Å²) < 4.78 is 5.12. The van der Waals surface area contributed by atoms with Gasteiger partial charge in [-0.15, -0.1) is 11.3 Å². The molecule has 0 atom stereocenters.